The molecule has 262 valence electrons. The number of ether oxygens (including phenoxy) is 4. The standard InChI is InChI=1S/C43H35F3N2O4/c1-42(43(44,45)46,32-10-18-36(19-11-32)51-38-22-14-34(15-23-38)47-26-30-6-2-4-8-40(30)49-28-47)33-12-20-37(21-13-33)52-39-24-16-35(17-25-39)48-27-31-7-3-5-9-41(31)50-29-48/h2-25H,26-29H2,1H3. The molecule has 0 fully saturated rings. The van der Waals surface area contributed by atoms with Gasteiger partial charge in [-0.25, -0.2) is 0 Å². The molecule has 6 aromatic carbocycles. The van der Waals surface area contributed by atoms with Crippen molar-refractivity contribution in [2.45, 2.75) is 31.6 Å². The molecule has 9 heteroatoms. The second-order valence-electron chi connectivity index (χ2n) is 13.0. The van der Waals surface area contributed by atoms with E-state index >= 15 is 0 Å². The number of hydrogen-bond donors (Lipinski definition) is 0. The molecule has 52 heavy (non-hydrogen) atoms. The van der Waals surface area contributed by atoms with E-state index in [1.807, 2.05) is 97.1 Å². The van der Waals surface area contributed by atoms with Crippen LogP contribution in [-0.4, -0.2) is 19.6 Å². The van der Waals surface area contributed by atoms with Crippen molar-refractivity contribution in [3.63, 3.8) is 0 Å². The van der Waals surface area contributed by atoms with Crippen molar-refractivity contribution in [1.82, 2.24) is 0 Å². The van der Waals surface area contributed by atoms with E-state index in [4.69, 9.17) is 18.9 Å². The molecule has 6 aromatic rings. The molecule has 2 aliphatic heterocycles. The number of alkyl halides is 3. The predicted molar refractivity (Wildman–Crippen MR) is 195 cm³/mol. The molecule has 6 nitrogen and oxygen atoms in total. The number of hydrogen-bond acceptors (Lipinski definition) is 6. The first kappa shape index (κ1) is 33.1. The number of nitrogens with zero attached hydrogens (tertiary/aromatic N) is 2. The number of fused-ring (bicyclic) bond motifs is 2. The molecule has 0 saturated heterocycles. The second-order valence-corrected chi connectivity index (χ2v) is 13.0. The summed E-state index contributed by atoms with van der Waals surface area (Å²) in [7, 11) is 0. The smallest absolute Gasteiger partial charge is 0.402 e. The van der Waals surface area contributed by atoms with Crippen molar-refractivity contribution < 1.29 is 32.1 Å². The molecule has 0 atom stereocenters. The van der Waals surface area contributed by atoms with Crippen LogP contribution in [-0.2, 0) is 18.5 Å². The summed E-state index contributed by atoms with van der Waals surface area (Å²) in [6.45, 7) is 3.52. The van der Waals surface area contributed by atoms with Gasteiger partial charge in [0.1, 0.15) is 39.9 Å². The van der Waals surface area contributed by atoms with E-state index in [0.717, 1.165) is 47.1 Å². The van der Waals surface area contributed by atoms with Crippen molar-refractivity contribution >= 4 is 11.4 Å². The topological polar surface area (TPSA) is 43.4 Å². The predicted octanol–water partition coefficient (Wildman–Crippen LogP) is 10.9. The summed E-state index contributed by atoms with van der Waals surface area (Å²) < 4.78 is 68.2. The van der Waals surface area contributed by atoms with Crippen LogP contribution in [0.25, 0.3) is 0 Å². The van der Waals surface area contributed by atoms with Gasteiger partial charge in [0.2, 0.25) is 0 Å². The molecule has 0 amide bonds. The highest BCUT2D eigenvalue weighted by atomic mass is 19.4. The number of para-hydroxylation sites is 2. The molecule has 8 rings (SSSR count). The first-order valence-corrected chi connectivity index (χ1v) is 17.0. The van der Waals surface area contributed by atoms with Crippen LogP contribution >= 0.6 is 0 Å². The number of anilines is 2. The molecule has 0 bridgehead atoms. The summed E-state index contributed by atoms with van der Waals surface area (Å²) in [6.07, 6.45) is -4.57. The van der Waals surface area contributed by atoms with Gasteiger partial charge in [-0.2, -0.15) is 13.2 Å². The molecular formula is C43H35F3N2O4. The first-order chi connectivity index (χ1) is 25.2. The van der Waals surface area contributed by atoms with Gasteiger partial charge in [-0.15, -0.1) is 0 Å². The molecule has 0 saturated carbocycles. The van der Waals surface area contributed by atoms with Crippen LogP contribution in [0.15, 0.2) is 146 Å². The molecule has 0 unspecified atom stereocenters. The van der Waals surface area contributed by atoms with Gasteiger partial charge in [0.05, 0.1) is 0 Å². The average Bonchev–Trinajstić information content (AvgIpc) is 3.18. The zero-order valence-corrected chi connectivity index (χ0v) is 28.3. The molecular weight excluding hydrogens is 665 g/mol. The van der Waals surface area contributed by atoms with E-state index in [0.29, 0.717) is 36.5 Å². The van der Waals surface area contributed by atoms with Crippen LogP contribution in [0.4, 0.5) is 24.5 Å². The summed E-state index contributed by atoms with van der Waals surface area (Å²) in [5.74, 6) is 3.80. The van der Waals surface area contributed by atoms with Crippen molar-refractivity contribution in [2.24, 2.45) is 0 Å². The van der Waals surface area contributed by atoms with Crippen molar-refractivity contribution in [2.75, 3.05) is 23.3 Å². The third kappa shape index (κ3) is 6.57. The van der Waals surface area contributed by atoms with Crippen molar-refractivity contribution in [3.05, 3.63) is 168 Å². The van der Waals surface area contributed by atoms with Gasteiger partial charge in [-0.1, -0.05) is 60.7 Å². The Bertz CT molecular complexity index is 2010. The number of halogens is 3. The van der Waals surface area contributed by atoms with Gasteiger partial charge >= 0.3 is 6.18 Å². The lowest BCUT2D eigenvalue weighted by Gasteiger charge is -2.33. The zero-order chi connectivity index (χ0) is 35.7. The van der Waals surface area contributed by atoms with Crippen LogP contribution in [0.2, 0.25) is 0 Å². The summed E-state index contributed by atoms with van der Waals surface area (Å²) in [4.78, 5) is 4.22. The average molecular weight is 701 g/mol. The molecule has 0 aliphatic carbocycles. The Balaban J connectivity index is 0.921. The van der Waals surface area contributed by atoms with Gasteiger partial charge in [0.25, 0.3) is 0 Å². The highest BCUT2D eigenvalue weighted by molar-refractivity contribution is 5.54. The van der Waals surface area contributed by atoms with E-state index in [9.17, 15) is 13.2 Å². The molecule has 2 heterocycles. The minimum atomic E-state index is -4.57. The minimum Gasteiger partial charge on any atom is -0.473 e. The van der Waals surface area contributed by atoms with Gasteiger partial charge < -0.3 is 28.7 Å². The van der Waals surface area contributed by atoms with E-state index in [2.05, 4.69) is 9.80 Å². The van der Waals surface area contributed by atoms with E-state index in [1.54, 1.807) is 24.3 Å². The van der Waals surface area contributed by atoms with Crippen molar-refractivity contribution in [1.29, 1.82) is 0 Å². The van der Waals surface area contributed by atoms with Gasteiger partial charge in [0, 0.05) is 35.6 Å². The number of benzene rings is 6. The summed E-state index contributed by atoms with van der Waals surface area (Å²) >= 11 is 0. The second kappa shape index (κ2) is 13.6. The lowest BCUT2D eigenvalue weighted by Crippen LogP contribution is -2.40. The Morgan fingerprint density at radius 2 is 0.827 bits per heavy atom. The Labute approximate surface area is 300 Å². The van der Waals surface area contributed by atoms with Crippen LogP contribution in [0.1, 0.15) is 29.2 Å². The largest absolute Gasteiger partial charge is 0.473 e. The number of rotatable bonds is 8. The van der Waals surface area contributed by atoms with Gasteiger partial charge in [-0.05, 0) is 103 Å². The van der Waals surface area contributed by atoms with Crippen LogP contribution < -0.4 is 28.7 Å². The molecule has 0 radical (unpaired) electrons. The summed E-state index contributed by atoms with van der Waals surface area (Å²) in [5, 5.41) is 0. The fourth-order valence-electron chi connectivity index (χ4n) is 6.61. The Kier molecular flexibility index (Phi) is 8.63. The Morgan fingerprint density at radius 1 is 0.481 bits per heavy atom. The van der Waals surface area contributed by atoms with Crippen LogP contribution in [0.3, 0.4) is 0 Å². The maximum absolute atomic E-state index is 14.8. The quantitative estimate of drug-likeness (QED) is 0.157. The normalized spacial score (nSPS) is 14.1. The van der Waals surface area contributed by atoms with Gasteiger partial charge in [-0.3, -0.25) is 0 Å². The third-order valence-corrected chi connectivity index (χ3v) is 9.72. The van der Waals surface area contributed by atoms with Crippen LogP contribution in [0, 0.1) is 0 Å². The third-order valence-electron chi connectivity index (χ3n) is 9.72. The summed E-state index contributed by atoms with van der Waals surface area (Å²) in [6, 6.07) is 43.2. The first-order valence-electron chi connectivity index (χ1n) is 17.0. The fraction of sp³-hybridized carbons (Fsp3) is 0.163. The summed E-state index contributed by atoms with van der Waals surface area (Å²) in [5.41, 5.74) is 2.11. The molecule has 0 N–H and O–H groups in total. The highest BCUT2D eigenvalue weighted by Gasteiger charge is 2.53. The molecule has 2 aliphatic rings. The van der Waals surface area contributed by atoms with E-state index in [-0.39, 0.29) is 11.1 Å². The molecule has 0 aromatic heterocycles. The van der Waals surface area contributed by atoms with Crippen LogP contribution in [0.5, 0.6) is 34.5 Å². The SMILES string of the molecule is CC(c1ccc(Oc2ccc(N3COc4ccccc4C3)cc2)cc1)(c1ccc(Oc2ccc(N3COc4ccccc4C3)cc2)cc1)C(F)(F)F. The van der Waals surface area contributed by atoms with Crippen molar-refractivity contribution in [3.8, 4) is 34.5 Å². The van der Waals surface area contributed by atoms with Gasteiger partial charge in [0.15, 0.2) is 13.5 Å². The monoisotopic (exact) mass is 700 g/mol. The minimum absolute atomic E-state index is 0.0988. The lowest BCUT2D eigenvalue weighted by molar-refractivity contribution is -0.173. The van der Waals surface area contributed by atoms with E-state index < -0.39 is 11.6 Å². The maximum Gasteiger partial charge on any atom is 0.402 e. The Morgan fingerprint density at radius 3 is 1.19 bits per heavy atom. The zero-order valence-electron chi connectivity index (χ0n) is 28.3. The fourth-order valence-corrected chi connectivity index (χ4v) is 6.61. The molecule has 0 spiro atoms. The van der Waals surface area contributed by atoms with E-state index in [1.165, 1.54) is 31.2 Å². The Hall–Kier alpha value is -6.09. The highest BCUT2D eigenvalue weighted by Crippen LogP contribution is 2.47. The lowest BCUT2D eigenvalue weighted by atomic mass is 9.75. The maximum atomic E-state index is 14.8.